The lowest BCUT2D eigenvalue weighted by Gasteiger charge is -2.06. The Morgan fingerprint density at radius 2 is 2.22 bits per heavy atom. The first-order chi connectivity index (χ1) is 4.16. The molecule has 0 amide bonds. The van der Waals surface area contributed by atoms with Gasteiger partial charge in [0, 0.05) is 6.42 Å². The van der Waals surface area contributed by atoms with Crippen LogP contribution >= 0.6 is 22.6 Å². The van der Waals surface area contributed by atoms with Crippen LogP contribution in [0.1, 0.15) is 6.42 Å². The van der Waals surface area contributed by atoms with Crippen molar-refractivity contribution in [2.45, 2.75) is 17.0 Å². The third-order valence-corrected chi connectivity index (χ3v) is 1.37. The SMILES string of the molecule is O[B]OC(I)CC(F)F. The summed E-state index contributed by atoms with van der Waals surface area (Å²) < 4.78 is 26.5. The van der Waals surface area contributed by atoms with Gasteiger partial charge < -0.3 is 9.68 Å². The van der Waals surface area contributed by atoms with Crippen molar-refractivity contribution in [1.29, 1.82) is 0 Å². The van der Waals surface area contributed by atoms with Gasteiger partial charge in [0.2, 0.25) is 6.43 Å². The lowest BCUT2D eigenvalue weighted by atomic mass is 10.4. The van der Waals surface area contributed by atoms with E-state index in [1.54, 1.807) is 22.6 Å². The fraction of sp³-hybridized carbons (Fsp3) is 1.00. The van der Waals surface area contributed by atoms with Gasteiger partial charge in [-0.2, -0.15) is 0 Å². The Labute approximate surface area is 66.0 Å². The molecule has 9 heavy (non-hydrogen) atoms. The molecule has 0 aliphatic rings. The predicted molar refractivity (Wildman–Crippen MR) is 37.5 cm³/mol. The molecule has 0 saturated heterocycles. The molecule has 53 valence electrons. The van der Waals surface area contributed by atoms with E-state index in [4.69, 9.17) is 5.02 Å². The molecule has 1 radical (unpaired) electrons. The second-order valence-electron chi connectivity index (χ2n) is 1.28. The molecule has 0 aliphatic carbocycles. The van der Waals surface area contributed by atoms with Gasteiger partial charge in [-0.3, -0.25) is 0 Å². The fourth-order valence-electron chi connectivity index (χ4n) is 0.262. The molecule has 1 atom stereocenters. The van der Waals surface area contributed by atoms with Gasteiger partial charge in [-0.1, -0.05) is 22.6 Å². The first-order valence-corrected chi connectivity index (χ1v) is 3.45. The molecule has 0 aromatic heterocycles. The van der Waals surface area contributed by atoms with Crippen LogP contribution in [0, 0.1) is 0 Å². The van der Waals surface area contributed by atoms with Crippen molar-refractivity contribution in [3.05, 3.63) is 0 Å². The summed E-state index contributed by atoms with van der Waals surface area (Å²) in [5.41, 5.74) is 0. The van der Waals surface area contributed by atoms with Crippen molar-refractivity contribution in [3.8, 4) is 0 Å². The van der Waals surface area contributed by atoms with Gasteiger partial charge in [0.05, 0.1) is 4.11 Å². The number of rotatable bonds is 4. The van der Waals surface area contributed by atoms with E-state index in [0.29, 0.717) is 7.69 Å². The minimum absolute atomic E-state index is 0.363. The van der Waals surface area contributed by atoms with Gasteiger partial charge >= 0.3 is 7.69 Å². The average Bonchev–Trinajstić information content (AvgIpc) is 1.63. The molecule has 0 fully saturated rings. The first-order valence-electron chi connectivity index (χ1n) is 2.20. The highest BCUT2D eigenvalue weighted by Crippen LogP contribution is 2.12. The lowest BCUT2D eigenvalue weighted by molar-refractivity contribution is 0.106. The van der Waals surface area contributed by atoms with E-state index in [0.717, 1.165) is 0 Å². The topological polar surface area (TPSA) is 29.5 Å². The fourth-order valence-corrected chi connectivity index (χ4v) is 0.777. The largest absolute Gasteiger partial charge is 0.485 e. The summed E-state index contributed by atoms with van der Waals surface area (Å²) >= 11 is 1.66. The summed E-state index contributed by atoms with van der Waals surface area (Å²) in [5, 5.41) is 7.95. The zero-order valence-corrected chi connectivity index (χ0v) is 6.59. The quantitative estimate of drug-likeness (QED) is 0.456. The van der Waals surface area contributed by atoms with E-state index < -0.39 is 10.5 Å². The monoisotopic (exact) mass is 249 g/mol. The zero-order valence-electron chi connectivity index (χ0n) is 4.43. The minimum Gasteiger partial charge on any atom is -0.429 e. The van der Waals surface area contributed by atoms with Crippen LogP contribution < -0.4 is 0 Å². The maximum Gasteiger partial charge on any atom is 0.485 e. The Morgan fingerprint density at radius 3 is 2.56 bits per heavy atom. The van der Waals surface area contributed by atoms with Crippen LogP contribution in [0.4, 0.5) is 8.78 Å². The minimum atomic E-state index is -2.38. The van der Waals surface area contributed by atoms with E-state index in [1.807, 2.05) is 0 Å². The van der Waals surface area contributed by atoms with Crippen LogP contribution in [0.25, 0.3) is 0 Å². The van der Waals surface area contributed by atoms with Gasteiger partial charge in [0.15, 0.2) is 0 Å². The van der Waals surface area contributed by atoms with Crippen molar-refractivity contribution in [1.82, 2.24) is 0 Å². The second-order valence-corrected chi connectivity index (χ2v) is 2.67. The normalized spacial score (nSPS) is 13.9. The second kappa shape index (κ2) is 5.37. The van der Waals surface area contributed by atoms with Crippen molar-refractivity contribution >= 4 is 30.3 Å². The number of hydrogen-bond donors (Lipinski definition) is 1. The summed E-state index contributed by atoms with van der Waals surface area (Å²) in [6.45, 7) is 0. The molecule has 0 bridgehead atoms. The number of hydrogen-bond acceptors (Lipinski definition) is 2. The molecule has 0 heterocycles. The van der Waals surface area contributed by atoms with Crippen molar-refractivity contribution in [2.75, 3.05) is 0 Å². The Hall–Kier alpha value is 0.575. The molecule has 1 N–H and O–H groups in total. The van der Waals surface area contributed by atoms with Crippen molar-refractivity contribution < 1.29 is 18.5 Å². The molecule has 0 aromatic rings. The molecule has 0 aliphatic heterocycles. The highest BCUT2D eigenvalue weighted by molar-refractivity contribution is 14.1. The Balaban J connectivity index is 3.15. The summed E-state index contributed by atoms with van der Waals surface area (Å²) in [4.78, 5) is 0. The van der Waals surface area contributed by atoms with E-state index >= 15 is 0 Å². The van der Waals surface area contributed by atoms with Crippen LogP contribution in [-0.2, 0) is 4.65 Å². The predicted octanol–water partition coefficient (Wildman–Crippen LogP) is 0.946. The molecule has 0 spiro atoms. The molecule has 0 aromatic carbocycles. The van der Waals surface area contributed by atoms with E-state index in [2.05, 4.69) is 4.65 Å². The molecule has 2 nitrogen and oxygen atoms in total. The van der Waals surface area contributed by atoms with Crippen molar-refractivity contribution in [2.24, 2.45) is 0 Å². The highest BCUT2D eigenvalue weighted by atomic mass is 127. The maximum atomic E-state index is 11.4. The molecule has 6 heteroatoms. The summed E-state index contributed by atoms with van der Waals surface area (Å²) in [5.74, 6) is 0. The first kappa shape index (κ1) is 9.57. The third-order valence-electron chi connectivity index (χ3n) is 0.572. The van der Waals surface area contributed by atoms with Crippen LogP contribution in [0.15, 0.2) is 0 Å². The van der Waals surface area contributed by atoms with Crippen LogP contribution in [-0.4, -0.2) is 23.2 Å². The summed E-state index contributed by atoms with van der Waals surface area (Å²) in [7, 11) is 0.416. The van der Waals surface area contributed by atoms with E-state index in [-0.39, 0.29) is 6.42 Å². The van der Waals surface area contributed by atoms with E-state index in [9.17, 15) is 8.78 Å². The van der Waals surface area contributed by atoms with Gasteiger partial charge in [-0.05, 0) is 0 Å². The van der Waals surface area contributed by atoms with Crippen LogP contribution in [0.2, 0.25) is 0 Å². The third kappa shape index (κ3) is 6.46. The van der Waals surface area contributed by atoms with E-state index in [1.165, 1.54) is 0 Å². The molecular formula is C3H5BF2IO2. The lowest BCUT2D eigenvalue weighted by Crippen LogP contribution is -2.11. The average molecular weight is 249 g/mol. The number of alkyl halides is 3. The van der Waals surface area contributed by atoms with Crippen LogP contribution in [0.3, 0.4) is 0 Å². The van der Waals surface area contributed by atoms with Crippen molar-refractivity contribution in [3.63, 3.8) is 0 Å². The van der Waals surface area contributed by atoms with Crippen LogP contribution in [0.5, 0.6) is 0 Å². The smallest absolute Gasteiger partial charge is 0.429 e. The summed E-state index contributed by atoms with van der Waals surface area (Å²) in [6.07, 6.45) is -2.75. The highest BCUT2D eigenvalue weighted by Gasteiger charge is 2.11. The standard InChI is InChI=1S/C3H5BF2IO2/c5-2(6)1-3(7)9-4-8/h2-3,8H,1H2. The Bertz CT molecular complexity index is 74.8. The van der Waals surface area contributed by atoms with Gasteiger partial charge in [-0.15, -0.1) is 0 Å². The summed E-state index contributed by atoms with van der Waals surface area (Å²) in [6, 6.07) is 0. The van der Waals surface area contributed by atoms with Gasteiger partial charge in [0.25, 0.3) is 0 Å². The maximum absolute atomic E-state index is 11.4. The number of halogens is 3. The molecular weight excluding hydrogens is 244 g/mol. The van der Waals surface area contributed by atoms with Gasteiger partial charge in [-0.25, -0.2) is 8.78 Å². The van der Waals surface area contributed by atoms with Gasteiger partial charge in [0.1, 0.15) is 0 Å². The zero-order chi connectivity index (χ0) is 7.28. The molecule has 0 saturated carbocycles. The Morgan fingerprint density at radius 1 is 1.67 bits per heavy atom. The molecule has 0 rings (SSSR count). The molecule has 1 unspecified atom stereocenters. The Kier molecular flexibility index (Phi) is 5.71.